The maximum Gasteiger partial charge on any atom is 0.175 e. The van der Waals surface area contributed by atoms with E-state index < -0.39 is 9.84 Å². The van der Waals surface area contributed by atoms with Gasteiger partial charge in [-0.25, -0.2) is 13.4 Å². The maximum absolute atomic E-state index is 11.5. The zero-order valence-corrected chi connectivity index (χ0v) is 14.2. The minimum atomic E-state index is -3.14. The first-order valence-corrected chi connectivity index (χ1v) is 9.37. The van der Waals surface area contributed by atoms with E-state index >= 15 is 0 Å². The lowest BCUT2D eigenvalue weighted by Gasteiger charge is -2.34. The molecule has 0 saturated heterocycles. The van der Waals surface area contributed by atoms with Crippen molar-refractivity contribution in [3.63, 3.8) is 0 Å². The van der Waals surface area contributed by atoms with Gasteiger partial charge in [-0.3, -0.25) is 4.90 Å². The van der Waals surface area contributed by atoms with Crippen molar-refractivity contribution in [3.05, 3.63) is 48.0 Å². The number of hydrogen-bond acceptors (Lipinski definition) is 5. The number of rotatable bonds is 5. The molecule has 0 radical (unpaired) electrons. The van der Waals surface area contributed by atoms with Gasteiger partial charge in [0.1, 0.15) is 0 Å². The molecule has 3 rings (SSSR count). The number of benzene rings is 1. The number of sulfone groups is 1. The summed E-state index contributed by atoms with van der Waals surface area (Å²) in [6.45, 7) is 3.13. The second-order valence-electron chi connectivity index (χ2n) is 5.99. The van der Waals surface area contributed by atoms with E-state index in [-0.39, 0.29) is 6.04 Å². The minimum absolute atomic E-state index is 0.251. The van der Waals surface area contributed by atoms with E-state index in [1.54, 1.807) is 19.2 Å². The van der Waals surface area contributed by atoms with Crippen LogP contribution in [0.2, 0.25) is 0 Å². The van der Waals surface area contributed by atoms with E-state index in [0.29, 0.717) is 11.5 Å². The highest BCUT2D eigenvalue weighted by Crippen LogP contribution is 2.23. The molecule has 1 aliphatic heterocycles. The summed E-state index contributed by atoms with van der Waals surface area (Å²) >= 11 is 0. The fourth-order valence-electron chi connectivity index (χ4n) is 3.01. The molecule has 2 heterocycles. The topological polar surface area (TPSA) is 64.4 Å². The lowest BCUT2D eigenvalue weighted by atomic mass is 10.1. The first-order valence-electron chi connectivity index (χ1n) is 7.48. The van der Waals surface area contributed by atoms with Gasteiger partial charge < -0.3 is 9.30 Å². The molecule has 1 aliphatic rings. The van der Waals surface area contributed by atoms with Crippen LogP contribution in [0.4, 0.5) is 0 Å². The van der Waals surface area contributed by atoms with Crippen LogP contribution in [0.5, 0.6) is 0 Å². The van der Waals surface area contributed by atoms with Crippen LogP contribution in [0, 0.1) is 0 Å². The molecule has 1 aromatic carbocycles. The van der Waals surface area contributed by atoms with E-state index in [1.807, 2.05) is 24.7 Å². The van der Waals surface area contributed by atoms with Crippen molar-refractivity contribution in [2.75, 3.05) is 26.5 Å². The van der Waals surface area contributed by atoms with Crippen LogP contribution in [-0.2, 0) is 27.7 Å². The molecular formula is C16H21N3O3S. The highest BCUT2D eigenvalue weighted by Gasteiger charge is 2.24. The Bertz CT molecular complexity index is 768. The smallest absolute Gasteiger partial charge is 0.175 e. The summed E-state index contributed by atoms with van der Waals surface area (Å²) in [7, 11) is -1.44. The number of methoxy groups -OCH3 is 1. The van der Waals surface area contributed by atoms with Gasteiger partial charge in [0.15, 0.2) is 9.84 Å². The number of imidazole rings is 1. The lowest BCUT2D eigenvalue weighted by Crippen LogP contribution is -2.38. The largest absolute Gasteiger partial charge is 0.382 e. The Labute approximate surface area is 136 Å². The second kappa shape index (κ2) is 6.43. The van der Waals surface area contributed by atoms with Crippen molar-refractivity contribution < 1.29 is 13.2 Å². The predicted octanol–water partition coefficient (Wildman–Crippen LogP) is 1.49. The van der Waals surface area contributed by atoms with E-state index in [1.165, 1.54) is 11.9 Å². The molecule has 0 saturated carbocycles. The van der Waals surface area contributed by atoms with Gasteiger partial charge in [0.05, 0.1) is 29.6 Å². The molecule has 23 heavy (non-hydrogen) atoms. The van der Waals surface area contributed by atoms with Gasteiger partial charge in [0, 0.05) is 39.2 Å². The molecule has 0 N–H and O–H groups in total. The van der Waals surface area contributed by atoms with Crippen LogP contribution in [0.15, 0.2) is 41.7 Å². The van der Waals surface area contributed by atoms with Gasteiger partial charge in [-0.05, 0) is 17.7 Å². The van der Waals surface area contributed by atoms with Crippen molar-refractivity contribution in [2.45, 2.75) is 24.0 Å². The van der Waals surface area contributed by atoms with E-state index in [9.17, 15) is 8.42 Å². The fraction of sp³-hybridized carbons (Fsp3) is 0.438. The van der Waals surface area contributed by atoms with Crippen molar-refractivity contribution >= 4 is 9.84 Å². The van der Waals surface area contributed by atoms with Crippen LogP contribution in [-0.4, -0.2) is 49.4 Å². The summed E-state index contributed by atoms with van der Waals surface area (Å²) in [5.41, 5.74) is 2.27. The van der Waals surface area contributed by atoms with Crippen LogP contribution < -0.4 is 0 Å². The molecule has 0 aliphatic carbocycles. The number of hydrogen-bond donors (Lipinski definition) is 0. The molecule has 2 aromatic rings. The monoisotopic (exact) mass is 335 g/mol. The van der Waals surface area contributed by atoms with Gasteiger partial charge in [0.25, 0.3) is 0 Å². The average Bonchev–Trinajstić information content (AvgIpc) is 2.96. The molecule has 1 atom stereocenters. The maximum atomic E-state index is 11.5. The Morgan fingerprint density at radius 2 is 2.04 bits per heavy atom. The highest BCUT2D eigenvalue weighted by atomic mass is 32.2. The molecule has 6 nitrogen and oxygen atoms in total. The van der Waals surface area contributed by atoms with E-state index in [0.717, 1.165) is 25.2 Å². The molecule has 0 fully saturated rings. The molecule has 0 bridgehead atoms. The fourth-order valence-corrected chi connectivity index (χ4v) is 3.64. The first kappa shape index (κ1) is 16.2. The molecule has 124 valence electrons. The van der Waals surface area contributed by atoms with Gasteiger partial charge in [-0.1, -0.05) is 12.1 Å². The molecule has 0 amide bonds. The van der Waals surface area contributed by atoms with Crippen molar-refractivity contribution in [3.8, 4) is 0 Å². The van der Waals surface area contributed by atoms with E-state index in [4.69, 9.17) is 4.74 Å². The summed E-state index contributed by atoms with van der Waals surface area (Å²) < 4.78 is 30.5. The summed E-state index contributed by atoms with van der Waals surface area (Å²) in [6, 6.07) is 7.36. The summed E-state index contributed by atoms with van der Waals surface area (Å²) in [4.78, 5) is 6.92. The van der Waals surface area contributed by atoms with Gasteiger partial charge in [0.2, 0.25) is 0 Å². The number of aromatic nitrogens is 2. The highest BCUT2D eigenvalue weighted by molar-refractivity contribution is 7.90. The lowest BCUT2D eigenvalue weighted by molar-refractivity contribution is 0.0983. The predicted molar refractivity (Wildman–Crippen MR) is 86.8 cm³/mol. The van der Waals surface area contributed by atoms with Crippen molar-refractivity contribution in [1.82, 2.24) is 14.5 Å². The Kier molecular flexibility index (Phi) is 4.52. The molecule has 0 unspecified atom stereocenters. The summed E-state index contributed by atoms with van der Waals surface area (Å²) in [5.74, 6) is 0. The zero-order valence-electron chi connectivity index (χ0n) is 13.3. The third-order valence-electron chi connectivity index (χ3n) is 4.11. The Balaban J connectivity index is 1.74. The summed E-state index contributed by atoms with van der Waals surface area (Å²) in [5, 5.41) is 0. The number of fused-ring (bicyclic) bond motifs is 1. The third kappa shape index (κ3) is 3.63. The normalized spacial score (nSPS) is 18.8. The minimum Gasteiger partial charge on any atom is -0.382 e. The Morgan fingerprint density at radius 1 is 1.30 bits per heavy atom. The van der Waals surface area contributed by atoms with Crippen LogP contribution in [0.3, 0.4) is 0 Å². The van der Waals surface area contributed by atoms with Crippen LogP contribution >= 0.6 is 0 Å². The zero-order chi connectivity index (χ0) is 16.4. The standard InChI is InChI=1S/C16H21N3O3S/c1-22-11-15-10-18(9-14-7-17-12-19(14)15)8-13-3-5-16(6-4-13)23(2,20)21/h3-7,12,15H,8-11H2,1-2H3/t15-/m0/s1. The van der Waals surface area contributed by atoms with Gasteiger partial charge >= 0.3 is 0 Å². The van der Waals surface area contributed by atoms with E-state index in [2.05, 4.69) is 14.5 Å². The van der Waals surface area contributed by atoms with Crippen molar-refractivity contribution in [2.24, 2.45) is 0 Å². The average molecular weight is 335 g/mol. The number of ether oxygens (including phenoxy) is 1. The van der Waals surface area contributed by atoms with Crippen LogP contribution in [0.25, 0.3) is 0 Å². The molecule has 1 aromatic heterocycles. The van der Waals surface area contributed by atoms with Crippen LogP contribution in [0.1, 0.15) is 17.3 Å². The van der Waals surface area contributed by atoms with Gasteiger partial charge in [-0.15, -0.1) is 0 Å². The molecular weight excluding hydrogens is 314 g/mol. The third-order valence-corrected chi connectivity index (χ3v) is 5.24. The van der Waals surface area contributed by atoms with Crippen molar-refractivity contribution in [1.29, 1.82) is 0 Å². The van der Waals surface area contributed by atoms with Gasteiger partial charge in [-0.2, -0.15) is 0 Å². The molecule has 7 heteroatoms. The first-order chi connectivity index (χ1) is 11.0. The number of nitrogens with zero attached hydrogens (tertiary/aromatic N) is 3. The second-order valence-corrected chi connectivity index (χ2v) is 8.00. The Morgan fingerprint density at radius 3 is 2.70 bits per heavy atom. The quantitative estimate of drug-likeness (QED) is 0.828. The Hall–Kier alpha value is -1.70. The SMILES string of the molecule is COC[C@@H]1CN(Cc2ccc(S(C)(=O)=O)cc2)Cc2cncn21. The summed E-state index contributed by atoms with van der Waals surface area (Å²) in [6.07, 6.45) is 4.97. The molecule has 0 spiro atoms.